The van der Waals surface area contributed by atoms with Crippen LogP contribution >= 0.6 is 0 Å². The molecule has 1 aromatic rings. The van der Waals surface area contributed by atoms with Crippen molar-refractivity contribution in [3.63, 3.8) is 0 Å². The highest BCUT2D eigenvalue weighted by atomic mass is 16.5. The molecule has 2 N–H and O–H groups in total. The molecule has 1 aromatic carbocycles. The standard InChI is InChI=1S/C19H32N4O/c1-5-23(4)11-10-21-19(20-3)22-13-17-9-6-15(2)12-18(17)24-14-16-7-8-16/h6,9,12,16H,5,7-8,10-11,13-14H2,1-4H3,(H2,20,21,22). The van der Waals surface area contributed by atoms with Crippen LogP contribution < -0.4 is 15.4 Å². The quantitative estimate of drug-likeness (QED) is 0.538. The molecular weight excluding hydrogens is 300 g/mol. The van der Waals surface area contributed by atoms with Crippen molar-refractivity contribution in [3.8, 4) is 5.75 Å². The van der Waals surface area contributed by atoms with Crippen LogP contribution in [-0.4, -0.2) is 51.2 Å². The van der Waals surface area contributed by atoms with Crippen molar-refractivity contribution in [3.05, 3.63) is 29.3 Å². The summed E-state index contributed by atoms with van der Waals surface area (Å²) in [6.07, 6.45) is 2.62. The zero-order valence-corrected chi connectivity index (χ0v) is 15.6. The van der Waals surface area contributed by atoms with Gasteiger partial charge in [0, 0.05) is 32.2 Å². The number of likely N-dealkylation sites (N-methyl/N-ethyl adjacent to an activating group) is 1. The van der Waals surface area contributed by atoms with Gasteiger partial charge in [-0.3, -0.25) is 4.99 Å². The molecule has 0 heterocycles. The number of rotatable bonds is 9. The molecule has 1 fully saturated rings. The van der Waals surface area contributed by atoms with Crippen molar-refractivity contribution in [1.29, 1.82) is 0 Å². The molecule has 0 saturated heterocycles. The smallest absolute Gasteiger partial charge is 0.191 e. The number of nitrogens with one attached hydrogen (secondary N) is 2. The van der Waals surface area contributed by atoms with Gasteiger partial charge < -0.3 is 20.3 Å². The second-order valence-corrected chi connectivity index (χ2v) is 6.61. The first kappa shape index (κ1) is 18.6. The van der Waals surface area contributed by atoms with Crippen LogP contribution in [0.2, 0.25) is 0 Å². The van der Waals surface area contributed by atoms with Gasteiger partial charge in [-0.15, -0.1) is 0 Å². The van der Waals surface area contributed by atoms with Crippen molar-refractivity contribution in [2.75, 3.05) is 40.3 Å². The van der Waals surface area contributed by atoms with E-state index in [0.29, 0.717) is 6.54 Å². The minimum Gasteiger partial charge on any atom is -0.493 e. The van der Waals surface area contributed by atoms with Crippen LogP contribution in [0.4, 0.5) is 0 Å². The van der Waals surface area contributed by atoms with Gasteiger partial charge >= 0.3 is 0 Å². The number of nitrogens with zero attached hydrogens (tertiary/aromatic N) is 2. The third-order valence-electron chi connectivity index (χ3n) is 4.39. The first-order valence-electron chi connectivity index (χ1n) is 8.97. The summed E-state index contributed by atoms with van der Waals surface area (Å²) < 4.78 is 6.03. The molecule has 0 atom stereocenters. The summed E-state index contributed by atoms with van der Waals surface area (Å²) in [5, 5.41) is 6.73. The highest BCUT2D eigenvalue weighted by molar-refractivity contribution is 5.79. The monoisotopic (exact) mass is 332 g/mol. The molecule has 1 aliphatic rings. The van der Waals surface area contributed by atoms with Crippen LogP contribution in [0.1, 0.15) is 30.9 Å². The number of aryl methyl sites for hydroxylation is 1. The highest BCUT2D eigenvalue weighted by Gasteiger charge is 2.22. The topological polar surface area (TPSA) is 48.9 Å². The summed E-state index contributed by atoms with van der Waals surface area (Å²) >= 11 is 0. The lowest BCUT2D eigenvalue weighted by Gasteiger charge is -2.17. The van der Waals surface area contributed by atoms with Gasteiger partial charge in [0.25, 0.3) is 0 Å². The van der Waals surface area contributed by atoms with E-state index in [1.807, 2.05) is 0 Å². The van der Waals surface area contributed by atoms with Gasteiger partial charge in [0.15, 0.2) is 5.96 Å². The van der Waals surface area contributed by atoms with Crippen LogP contribution in [0.25, 0.3) is 0 Å². The molecule has 0 unspecified atom stereocenters. The van der Waals surface area contributed by atoms with Crippen LogP contribution in [-0.2, 0) is 6.54 Å². The number of aliphatic imine (C=N–C) groups is 1. The van der Waals surface area contributed by atoms with Gasteiger partial charge in [0.2, 0.25) is 0 Å². The van der Waals surface area contributed by atoms with E-state index >= 15 is 0 Å². The lowest BCUT2D eigenvalue weighted by molar-refractivity contribution is 0.296. The number of guanidine groups is 1. The van der Waals surface area contributed by atoms with Gasteiger partial charge in [0.05, 0.1) is 6.61 Å². The van der Waals surface area contributed by atoms with Gasteiger partial charge in [-0.05, 0) is 50.9 Å². The van der Waals surface area contributed by atoms with Crippen molar-refractivity contribution in [2.45, 2.75) is 33.2 Å². The molecule has 0 aromatic heterocycles. The van der Waals surface area contributed by atoms with E-state index in [-0.39, 0.29) is 0 Å². The minimum atomic E-state index is 0.712. The Kier molecular flexibility index (Phi) is 7.37. The molecule has 24 heavy (non-hydrogen) atoms. The number of hydrogen-bond donors (Lipinski definition) is 2. The van der Waals surface area contributed by atoms with Crippen molar-refractivity contribution < 1.29 is 4.74 Å². The summed E-state index contributed by atoms with van der Waals surface area (Å²) in [5.74, 6) is 2.58. The van der Waals surface area contributed by atoms with Crippen LogP contribution in [0.3, 0.4) is 0 Å². The van der Waals surface area contributed by atoms with Crippen LogP contribution in [0, 0.1) is 12.8 Å². The molecule has 0 aliphatic heterocycles. The van der Waals surface area contributed by atoms with Gasteiger partial charge in [-0.1, -0.05) is 19.1 Å². The third-order valence-corrected chi connectivity index (χ3v) is 4.39. The third kappa shape index (κ3) is 6.40. The summed E-state index contributed by atoms with van der Waals surface area (Å²) in [5.41, 5.74) is 2.41. The molecular formula is C19H32N4O. The molecule has 0 radical (unpaired) electrons. The number of hydrogen-bond acceptors (Lipinski definition) is 3. The highest BCUT2D eigenvalue weighted by Crippen LogP contribution is 2.30. The molecule has 1 saturated carbocycles. The molecule has 2 rings (SSSR count). The summed E-state index contributed by atoms with van der Waals surface area (Å²) in [6, 6.07) is 6.40. The van der Waals surface area contributed by atoms with Crippen LogP contribution in [0.15, 0.2) is 23.2 Å². The Labute approximate surface area is 146 Å². The van der Waals surface area contributed by atoms with E-state index in [1.165, 1.54) is 24.0 Å². The summed E-state index contributed by atoms with van der Waals surface area (Å²) in [4.78, 5) is 6.56. The number of benzene rings is 1. The van der Waals surface area contributed by atoms with E-state index < -0.39 is 0 Å². The Morgan fingerprint density at radius 1 is 1.33 bits per heavy atom. The minimum absolute atomic E-state index is 0.712. The number of ether oxygens (including phenoxy) is 1. The molecule has 5 heteroatoms. The fourth-order valence-electron chi connectivity index (χ4n) is 2.36. The fourth-order valence-corrected chi connectivity index (χ4v) is 2.36. The predicted molar refractivity (Wildman–Crippen MR) is 101 cm³/mol. The second-order valence-electron chi connectivity index (χ2n) is 6.61. The molecule has 5 nitrogen and oxygen atoms in total. The maximum absolute atomic E-state index is 6.03. The van der Waals surface area contributed by atoms with Gasteiger partial charge in [0.1, 0.15) is 5.75 Å². The van der Waals surface area contributed by atoms with E-state index in [4.69, 9.17) is 4.74 Å². The SMILES string of the molecule is CCN(C)CCNC(=NC)NCc1ccc(C)cc1OCC1CC1. The molecule has 1 aliphatic carbocycles. The first-order valence-corrected chi connectivity index (χ1v) is 8.97. The molecule has 134 valence electrons. The van der Waals surface area contributed by atoms with E-state index in [0.717, 1.165) is 43.9 Å². The van der Waals surface area contributed by atoms with Crippen molar-refractivity contribution >= 4 is 5.96 Å². The average Bonchev–Trinajstić information content (AvgIpc) is 3.41. The Morgan fingerprint density at radius 2 is 2.12 bits per heavy atom. The van der Waals surface area contributed by atoms with Gasteiger partial charge in [-0.25, -0.2) is 0 Å². The second kappa shape index (κ2) is 9.52. The lowest BCUT2D eigenvalue weighted by atomic mass is 10.1. The normalized spacial score (nSPS) is 14.8. The molecule has 0 bridgehead atoms. The Morgan fingerprint density at radius 3 is 2.79 bits per heavy atom. The van der Waals surface area contributed by atoms with E-state index in [2.05, 4.69) is 59.6 Å². The van der Waals surface area contributed by atoms with Gasteiger partial charge in [-0.2, -0.15) is 0 Å². The lowest BCUT2D eigenvalue weighted by Crippen LogP contribution is -2.40. The van der Waals surface area contributed by atoms with E-state index in [1.54, 1.807) is 7.05 Å². The van der Waals surface area contributed by atoms with E-state index in [9.17, 15) is 0 Å². The maximum atomic E-state index is 6.03. The summed E-state index contributed by atoms with van der Waals surface area (Å²) in [6.45, 7) is 8.75. The zero-order valence-electron chi connectivity index (χ0n) is 15.6. The average molecular weight is 332 g/mol. The zero-order chi connectivity index (χ0) is 17.4. The molecule has 0 amide bonds. The Balaban J connectivity index is 1.84. The summed E-state index contributed by atoms with van der Waals surface area (Å²) in [7, 11) is 3.92. The Hall–Kier alpha value is -1.75. The van der Waals surface area contributed by atoms with Crippen molar-refractivity contribution in [1.82, 2.24) is 15.5 Å². The largest absolute Gasteiger partial charge is 0.493 e. The fraction of sp³-hybridized carbons (Fsp3) is 0.632. The first-order chi connectivity index (χ1) is 11.6. The predicted octanol–water partition coefficient (Wildman–Crippen LogP) is 2.40. The van der Waals surface area contributed by atoms with Crippen molar-refractivity contribution in [2.24, 2.45) is 10.9 Å². The Bertz CT molecular complexity index is 540. The van der Waals surface area contributed by atoms with Crippen LogP contribution in [0.5, 0.6) is 5.75 Å². The maximum Gasteiger partial charge on any atom is 0.191 e. The molecule has 0 spiro atoms.